The normalized spacial score (nSPS) is 11.7. The predicted molar refractivity (Wildman–Crippen MR) is 191 cm³/mol. The van der Waals surface area contributed by atoms with Gasteiger partial charge in [-0.25, -0.2) is 0 Å². The topological polar surface area (TPSA) is 47.3 Å². The van der Waals surface area contributed by atoms with E-state index in [-0.39, 0.29) is 11.1 Å². The Balaban J connectivity index is 1.63. The van der Waals surface area contributed by atoms with Crippen molar-refractivity contribution in [2.24, 2.45) is 0 Å². The molecule has 0 N–H and O–H groups in total. The van der Waals surface area contributed by atoms with Crippen molar-refractivity contribution in [1.82, 2.24) is 0 Å². The van der Waals surface area contributed by atoms with Gasteiger partial charge < -0.3 is 4.18 Å². The van der Waals surface area contributed by atoms with Gasteiger partial charge in [0.15, 0.2) is 5.75 Å². The van der Waals surface area contributed by atoms with E-state index in [1.54, 1.807) is 72.8 Å². The van der Waals surface area contributed by atoms with Crippen molar-refractivity contribution in [2.75, 3.05) is 0 Å². The number of nitrogens with zero attached hydrogens (tertiary/aromatic N) is 1. The Bertz CT molecular complexity index is 2250. The molecule has 6 aromatic carbocycles. The third-order valence-corrected chi connectivity index (χ3v) is 9.24. The molecule has 0 saturated carbocycles. The van der Waals surface area contributed by atoms with Crippen LogP contribution in [0.4, 0.5) is 13.2 Å². The van der Waals surface area contributed by atoms with Crippen LogP contribution in [0.2, 0.25) is 0 Å². The highest BCUT2D eigenvalue weighted by Gasteiger charge is 2.49. The van der Waals surface area contributed by atoms with Gasteiger partial charge in [0.05, 0.1) is 0 Å². The van der Waals surface area contributed by atoms with Crippen molar-refractivity contribution in [1.29, 1.82) is 0 Å². The molecule has 7 aromatic rings. The molecule has 0 aliphatic rings. The third-order valence-electron chi connectivity index (χ3n) is 8.29. The highest BCUT2D eigenvalue weighted by Crippen LogP contribution is 2.44. The molecule has 8 heteroatoms. The number of benzene rings is 6. The van der Waals surface area contributed by atoms with E-state index in [2.05, 4.69) is 16.7 Å². The molecule has 0 saturated heterocycles. The Kier molecular flexibility index (Phi) is 8.78. The first-order valence-corrected chi connectivity index (χ1v) is 17.2. The molecule has 0 amide bonds. The van der Waals surface area contributed by atoms with Crippen LogP contribution in [0.3, 0.4) is 0 Å². The van der Waals surface area contributed by atoms with Crippen molar-refractivity contribution in [3.63, 3.8) is 0 Å². The first-order chi connectivity index (χ1) is 24.2. The van der Waals surface area contributed by atoms with Crippen LogP contribution in [0.5, 0.6) is 5.75 Å². The zero-order valence-corrected chi connectivity index (χ0v) is 27.3. The monoisotopic (exact) mass is 684 g/mol. The van der Waals surface area contributed by atoms with Gasteiger partial charge in [-0.3, -0.25) is 0 Å². The average Bonchev–Trinajstić information content (AvgIpc) is 3.15. The summed E-state index contributed by atoms with van der Waals surface area (Å²) in [4.78, 5) is 0. The summed E-state index contributed by atoms with van der Waals surface area (Å²) in [6.45, 7) is 0. The number of pyridine rings is 1. The van der Waals surface area contributed by atoms with Gasteiger partial charge in [-0.2, -0.15) is 26.2 Å². The van der Waals surface area contributed by atoms with Crippen LogP contribution in [0, 0.1) is 0 Å². The second-order valence-corrected chi connectivity index (χ2v) is 13.1. The molecule has 7 rings (SSSR count). The summed E-state index contributed by atoms with van der Waals surface area (Å²) >= 11 is 0. The molecule has 0 radical (unpaired) electrons. The largest absolute Gasteiger partial charge is 0.534 e. The van der Waals surface area contributed by atoms with Gasteiger partial charge >= 0.3 is 15.6 Å². The lowest BCUT2D eigenvalue weighted by molar-refractivity contribution is -0.572. The maximum atomic E-state index is 13.9. The molecule has 0 fully saturated rings. The van der Waals surface area contributed by atoms with Crippen LogP contribution in [0.25, 0.3) is 61.6 Å². The number of alkyl halides is 3. The quantitative estimate of drug-likeness (QED) is 0.0909. The summed E-state index contributed by atoms with van der Waals surface area (Å²) in [5.74, 6) is -0.424. The SMILES string of the molecule is O=S(=O)(Oc1c(-c2ccccc2)cc(-[n+]2c(-c3ccccc3)cc(-c3ccccc3)cc2-c2ccccc2)cc1-c1ccccc1)C(F)(F)F. The first-order valence-electron chi connectivity index (χ1n) is 15.8. The molecule has 0 unspecified atom stereocenters. The predicted octanol–water partition coefficient (Wildman–Crippen LogP) is 10.5. The van der Waals surface area contributed by atoms with Crippen LogP contribution in [0.15, 0.2) is 176 Å². The second-order valence-electron chi connectivity index (χ2n) is 11.5. The lowest BCUT2D eigenvalue weighted by Crippen LogP contribution is -2.36. The maximum absolute atomic E-state index is 13.9. The van der Waals surface area contributed by atoms with Crippen molar-refractivity contribution >= 4 is 10.1 Å². The van der Waals surface area contributed by atoms with Gasteiger partial charge in [0.25, 0.3) is 0 Å². The number of rotatable bonds is 8. The zero-order chi connectivity index (χ0) is 34.7. The summed E-state index contributed by atoms with van der Waals surface area (Å²) < 4.78 is 74.0. The molecular weight excluding hydrogens is 656 g/mol. The lowest BCUT2D eigenvalue weighted by Gasteiger charge is -2.19. The van der Waals surface area contributed by atoms with Gasteiger partial charge in [0.2, 0.25) is 17.1 Å². The first kappa shape index (κ1) is 32.6. The van der Waals surface area contributed by atoms with Crippen molar-refractivity contribution in [2.45, 2.75) is 5.51 Å². The highest BCUT2D eigenvalue weighted by atomic mass is 32.2. The average molecular weight is 685 g/mol. The Morgan fingerprint density at radius 3 is 1.14 bits per heavy atom. The minimum absolute atomic E-state index is 0.174. The number of hydrogen-bond acceptors (Lipinski definition) is 3. The Labute approximate surface area is 288 Å². The van der Waals surface area contributed by atoms with E-state index in [1.807, 2.05) is 91.0 Å². The molecule has 0 atom stereocenters. The molecule has 1 heterocycles. The second kappa shape index (κ2) is 13.5. The molecule has 1 aromatic heterocycles. The highest BCUT2D eigenvalue weighted by molar-refractivity contribution is 7.88. The fraction of sp³-hybridized carbons (Fsp3) is 0.0238. The van der Waals surface area contributed by atoms with Gasteiger partial charge in [-0.1, -0.05) is 127 Å². The van der Waals surface area contributed by atoms with E-state index in [4.69, 9.17) is 4.18 Å². The summed E-state index contributed by atoms with van der Waals surface area (Å²) in [6, 6.07) is 54.5. The van der Waals surface area contributed by atoms with Crippen LogP contribution < -0.4 is 8.75 Å². The number of halogens is 3. The Hall–Kier alpha value is -5.99. The van der Waals surface area contributed by atoms with Gasteiger partial charge in [-0.05, 0) is 46.5 Å². The fourth-order valence-corrected chi connectivity index (χ4v) is 6.46. The van der Waals surface area contributed by atoms with Crippen molar-refractivity contribution in [3.8, 4) is 67.3 Å². The maximum Gasteiger partial charge on any atom is 0.534 e. The molecule has 50 heavy (non-hydrogen) atoms. The van der Waals surface area contributed by atoms with E-state index in [1.165, 1.54) is 0 Å². The van der Waals surface area contributed by atoms with Gasteiger partial charge in [0.1, 0.15) is 0 Å². The van der Waals surface area contributed by atoms with Crippen molar-refractivity contribution in [3.05, 3.63) is 176 Å². The fourth-order valence-electron chi connectivity index (χ4n) is 5.97. The Morgan fingerprint density at radius 2 is 0.780 bits per heavy atom. The smallest absolute Gasteiger partial charge is 0.375 e. The van der Waals surface area contributed by atoms with Crippen LogP contribution in [0.1, 0.15) is 0 Å². The molecule has 0 aliphatic heterocycles. The third kappa shape index (κ3) is 6.53. The molecule has 4 nitrogen and oxygen atoms in total. The zero-order valence-electron chi connectivity index (χ0n) is 26.5. The van der Waals surface area contributed by atoms with Crippen LogP contribution in [-0.2, 0) is 10.1 Å². The molecule has 0 spiro atoms. The molecule has 246 valence electrons. The molecule has 0 aliphatic carbocycles. The van der Waals surface area contributed by atoms with Crippen molar-refractivity contribution < 1.29 is 30.3 Å². The molecular formula is C42H29F3NO3S+. The number of hydrogen-bond donors (Lipinski definition) is 0. The molecule has 0 bridgehead atoms. The van der Waals surface area contributed by atoms with E-state index >= 15 is 0 Å². The lowest BCUT2D eigenvalue weighted by atomic mass is 9.94. The van der Waals surface area contributed by atoms with Crippen LogP contribution in [-0.4, -0.2) is 13.9 Å². The Morgan fingerprint density at radius 1 is 0.440 bits per heavy atom. The summed E-state index contributed by atoms with van der Waals surface area (Å²) in [5.41, 5.74) is 1.60. The van der Waals surface area contributed by atoms with Gasteiger partial charge in [-0.15, -0.1) is 0 Å². The standard InChI is InChI=1S/C42H29F3NO3S/c43-42(44,45)50(47,48)49-41-37(31-18-8-2-9-19-31)28-36(29-38(41)32-20-10-3-11-21-32)46-39(33-22-12-4-13-23-33)26-35(30-16-6-1-7-17-30)27-40(46)34-24-14-5-15-25-34/h1-29H/q+1. The van der Waals surface area contributed by atoms with E-state index in [9.17, 15) is 21.6 Å². The van der Waals surface area contributed by atoms with E-state index in [0.717, 1.165) is 33.6 Å². The van der Waals surface area contributed by atoms with Gasteiger partial charge in [0, 0.05) is 46.5 Å². The van der Waals surface area contributed by atoms with E-state index in [0.29, 0.717) is 16.8 Å². The summed E-state index contributed by atoms with van der Waals surface area (Å²) in [6.07, 6.45) is 0. The van der Waals surface area contributed by atoms with Crippen LogP contribution >= 0.6 is 0 Å². The van der Waals surface area contributed by atoms with E-state index < -0.39 is 21.4 Å². The minimum atomic E-state index is -6.03. The summed E-state index contributed by atoms with van der Waals surface area (Å²) in [7, 11) is -6.03. The minimum Gasteiger partial charge on any atom is -0.375 e. The summed E-state index contributed by atoms with van der Waals surface area (Å²) in [5, 5.41) is 0. The number of aromatic nitrogens is 1.